The fourth-order valence-corrected chi connectivity index (χ4v) is 6.55. The first kappa shape index (κ1) is 20.9. The molecule has 0 saturated carbocycles. The maximum absolute atomic E-state index is 4.28. The van der Waals surface area contributed by atoms with Crippen molar-refractivity contribution in [2.24, 2.45) is 11.8 Å². The highest BCUT2D eigenvalue weighted by Gasteiger charge is 2.39. The molecule has 0 N–H and O–H groups in total. The lowest BCUT2D eigenvalue weighted by Crippen LogP contribution is -2.24. The van der Waals surface area contributed by atoms with Crippen LogP contribution in [0.1, 0.15) is 22.3 Å². The largest absolute Gasteiger partial charge is 0.0984 e. The minimum atomic E-state index is 0.197. The van der Waals surface area contributed by atoms with Gasteiger partial charge in [-0.15, -0.1) is 0 Å². The van der Waals surface area contributed by atoms with E-state index in [4.69, 9.17) is 0 Å². The van der Waals surface area contributed by atoms with Gasteiger partial charge in [0.2, 0.25) is 0 Å². The van der Waals surface area contributed by atoms with Gasteiger partial charge in [-0.2, -0.15) is 0 Å². The lowest BCUT2D eigenvalue weighted by Gasteiger charge is -2.38. The second-order valence-corrected chi connectivity index (χ2v) is 9.72. The predicted molar refractivity (Wildman–Crippen MR) is 154 cm³/mol. The molecule has 7 rings (SSSR count). The molecule has 0 amide bonds. The molecule has 36 heavy (non-hydrogen) atoms. The van der Waals surface area contributed by atoms with Crippen LogP contribution in [0.15, 0.2) is 146 Å². The normalized spacial score (nSPS) is 20.0. The van der Waals surface area contributed by atoms with Gasteiger partial charge < -0.3 is 0 Å². The number of hydrogen-bond donors (Lipinski definition) is 0. The van der Waals surface area contributed by atoms with Gasteiger partial charge in [-0.05, 0) is 66.5 Å². The fourth-order valence-electron chi connectivity index (χ4n) is 6.55. The molecule has 0 radical (unpaired) electrons. The Bertz CT molecular complexity index is 1560. The zero-order valence-electron chi connectivity index (χ0n) is 20.1. The average Bonchev–Trinajstić information content (AvgIpc) is 3.26. The van der Waals surface area contributed by atoms with Crippen LogP contribution in [0.2, 0.25) is 0 Å². The molecule has 2 atom stereocenters. The molecule has 0 heteroatoms. The Labute approximate surface area is 212 Å². The first-order valence-corrected chi connectivity index (χ1v) is 12.6. The summed E-state index contributed by atoms with van der Waals surface area (Å²) in [6, 6.07) is 35.0. The summed E-state index contributed by atoms with van der Waals surface area (Å²) in [4.78, 5) is 0. The van der Waals surface area contributed by atoms with Crippen molar-refractivity contribution in [2.75, 3.05) is 0 Å². The Morgan fingerprint density at radius 3 is 1.36 bits per heavy atom. The topological polar surface area (TPSA) is 0 Å². The Morgan fingerprint density at radius 2 is 0.944 bits per heavy atom. The zero-order valence-corrected chi connectivity index (χ0v) is 20.1. The molecule has 0 aromatic heterocycles. The molecule has 0 saturated heterocycles. The number of benzene rings is 4. The van der Waals surface area contributed by atoms with Crippen molar-refractivity contribution in [1.29, 1.82) is 0 Å². The number of allylic oxidation sites excluding steroid dienone is 10. The van der Waals surface area contributed by atoms with E-state index in [-0.39, 0.29) is 11.8 Å². The molecule has 0 bridgehead atoms. The van der Waals surface area contributed by atoms with Crippen LogP contribution in [-0.2, 0) is 0 Å². The molecule has 170 valence electrons. The lowest BCUT2D eigenvalue weighted by atomic mass is 9.64. The van der Waals surface area contributed by atoms with Crippen LogP contribution < -0.4 is 0 Å². The minimum Gasteiger partial charge on any atom is -0.0984 e. The van der Waals surface area contributed by atoms with Gasteiger partial charge in [0.25, 0.3) is 0 Å². The molecule has 4 aromatic rings. The Hall–Kier alpha value is -4.42. The molecule has 3 aliphatic carbocycles. The van der Waals surface area contributed by atoms with E-state index < -0.39 is 0 Å². The predicted octanol–water partition coefficient (Wildman–Crippen LogP) is 9.16. The summed E-state index contributed by atoms with van der Waals surface area (Å²) in [6.07, 6.45) is 9.12. The van der Waals surface area contributed by atoms with Crippen LogP contribution in [0.4, 0.5) is 0 Å². The minimum absolute atomic E-state index is 0.197. The number of rotatable bonds is 4. The van der Waals surface area contributed by atoms with Crippen molar-refractivity contribution in [3.8, 4) is 0 Å². The Balaban J connectivity index is 1.57. The van der Waals surface area contributed by atoms with Crippen LogP contribution in [0.5, 0.6) is 0 Å². The van der Waals surface area contributed by atoms with E-state index in [2.05, 4.69) is 122 Å². The first-order valence-electron chi connectivity index (χ1n) is 12.6. The highest BCUT2D eigenvalue weighted by molar-refractivity contribution is 6.23. The van der Waals surface area contributed by atoms with Crippen molar-refractivity contribution in [3.63, 3.8) is 0 Å². The molecule has 0 fully saturated rings. The summed E-state index contributed by atoms with van der Waals surface area (Å²) in [7, 11) is 0. The van der Waals surface area contributed by atoms with Crippen molar-refractivity contribution < 1.29 is 0 Å². The van der Waals surface area contributed by atoms with Gasteiger partial charge in [0.05, 0.1) is 0 Å². The van der Waals surface area contributed by atoms with Crippen molar-refractivity contribution in [1.82, 2.24) is 0 Å². The molecule has 2 unspecified atom stereocenters. The first-order chi connectivity index (χ1) is 17.8. The molecule has 3 aliphatic rings. The van der Waals surface area contributed by atoms with Crippen molar-refractivity contribution in [2.45, 2.75) is 0 Å². The smallest absolute Gasteiger partial charge is 0.0144 e. The van der Waals surface area contributed by atoms with Crippen LogP contribution >= 0.6 is 0 Å². The second-order valence-electron chi connectivity index (χ2n) is 9.72. The third kappa shape index (κ3) is 2.88. The zero-order chi connectivity index (χ0) is 24.2. The van der Waals surface area contributed by atoms with Gasteiger partial charge in [0.1, 0.15) is 0 Å². The van der Waals surface area contributed by atoms with Gasteiger partial charge >= 0.3 is 0 Å². The quantitative estimate of drug-likeness (QED) is 0.286. The van der Waals surface area contributed by atoms with Gasteiger partial charge in [0, 0.05) is 11.8 Å². The molecular formula is C36H26. The van der Waals surface area contributed by atoms with Crippen LogP contribution in [-0.4, -0.2) is 0 Å². The van der Waals surface area contributed by atoms with E-state index in [9.17, 15) is 0 Å². The standard InChI is InChI=1S/C36H26/c1-3-26-27(4-2)35(24-15-9-6-10-16-24)33-22-31-29-20-12-18-25-17-11-19-28(36(25)29)30(31)21-32(33)34(26)23-13-7-5-8-14-23/h3-22,32-33H,1-2H2. The molecule has 0 heterocycles. The van der Waals surface area contributed by atoms with E-state index in [1.54, 1.807) is 0 Å². The summed E-state index contributed by atoms with van der Waals surface area (Å²) in [6.45, 7) is 8.56. The molecule has 0 nitrogen and oxygen atoms in total. The maximum Gasteiger partial charge on any atom is 0.0144 e. The molecule has 0 aliphatic heterocycles. The van der Waals surface area contributed by atoms with Crippen molar-refractivity contribution >= 4 is 33.1 Å². The fraction of sp³-hybridized carbons (Fsp3) is 0.0556. The highest BCUT2D eigenvalue weighted by Crippen LogP contribution is 2.57. The average molecular weight is 459 g/mol. The molecule has 0 spiro atoms. The second kappa shape index (κ2) is 8.07. The maximum atomic E-state index is 4.28. The molecule has 4 aromatic carbocycles. The molecular weight excluding hydrogens is 432 g/mol. The van der Waals surface area contributed by atoms with Crippen LogP contribution in [0.25, 0.3) is 33.1 Å². The van der Waals surface area contributed by atoms with Gasteiger partial charge in [-0.25, -0.2) is 0 Å². The van der Waals surface area contributed by atoms with Gasteiger partial charge in [-0.3, -0.25) is 0 Å². The van der Waals surface area contributed by atoms with Gasteiger partial charge in [-0.1, -0.05) is 135 Å². The lowest BCUT2D eigenvalue weighted by molar-refractivity contribution is 0.694. The summed E-state index contributed by atoms with van der Waals surface area (Å²) < 4.78 is 0. The summed E-state index contributed by atoms with van der Waals surface area (Å²) >= 11 is 0. The monoisotopic (exact) mass is 458 g/mol. The third-order valence-corrected chi connectivity index (χ3v) is 7.97. The number of fused-ring (bicyclic) bond motifs is 4. The van der Waals surface area contributed by atoms with E-state index in [1.807, 2.05) is 12.2 Å². The van der Waals surface area contributed by atoms with Crippen molar-refractivity contribution in [3.05, 3.63) is 168 Å². The highest BCUT2D eigenvalue weighted by atomic mass is 14.4. The van der Waals surface area contributed by atoms with E-state index in [0.717, 1.165) is 0 Å². The van der Waals surface area contributed by atoms with Gasteiger partial charge in [0.15, 0.2) is 0 Å². The Kier molecular flexibility index (Phi) is 4.69. The van der Waals surface area contributed by atoms with Crippen LogP contribution in [0.3, 0.4) is 0 Å². The third-order valence-electron chi connectivity index (χ3n) is 7.97. The van der Waals surface area contributed by atoms with E-state index in [0.29, 0.717) is 0 Å². The Morgan fingerprint density at radius 1 is 0.500 bits per heavy atom. The SMILES string of the molecule is C=CC1=C(c2ccccc2)C2C=C3C(=CC2C(c2ccccc2)=C1C=C)c1cccc2cccc3c12. The number of hydrogen-bond acceptors (Lipinski definition) is 0. The van der Waals surface area contributed by atoms with E-state index >= 15 is 0 Å². The summed E-state index contributed by atoms with van der Waals surface area (Å²) in [5.74, 6) is 0.394. The summed E-state index contributed by atoms with van der Waals surface area (Å²) in [5.41, 5.74) is 12.9. The van der Waals surface area contributed by atoms with Crippen LogP contribution in [0, 0.1) is 11.8 Å². The summed E-state index contributed by atoms with van der Waals surface area (Å²) in [5, 5.41) is 2.68. The van der Waals surface area contributed by atoms with E-state index in [1.165, 1.54) is 66.5 Å².